The second-order valence-corrected chi connectivity index (χ2v) is 9.86. The van der Waals surface area contributed by atoms with E-state index in [0.717, 1.165) is 51.9 Å². The van der Waals surface area contributed by atoms with Crippen LogP contribution in [0, 0.1) is 23.7 Å². The fraction of sp³-hybridized carbons (Fsp3) is 0.920. The quantitative estimate of drug-likeness (QED) is 0.322. The van der Waals surface area contributed by atoms with Gasteiger partial charge in [0, 0.05) is 38.5 Å². The molecule has 29 heavy (non-hydrogen) atoms. The molecular weight excluding hydrogens is 362 g/mol. The zero-order chi connectivity index (χ0) is 21.5. The van der Waals surface area contributed by atoms with E-state index in [1.165, 1.54) is 38.5 Å². The molecule has 1 fully saturated rings. The molecule has 1 saturated carbocycles. The lowest BCUT2D eigenvalue weighted by Gasteiger charge is -2.28. The third kappa shape index (κ3) is 13.9. The van der Waals surface area contributed by atoms with E-state index in [9.17, 15) is 9.59 Å². The van der Waals surface area contributed by atoms with Crippen molar-refractivity contribution in [2.45, 2.75) is 105 Å². The van der Waals surface area contributed by atoms with E-state index >= 15 is 0 Å². The van der Waals surface area contributed by atoms with E-state index in [0.29, 0.717) is 30.0 Å². The van der Waals surface area contributed by atoms with Gasteiger partial charge in [-0.05, 0) is 56.3 Å². The Bertz CT molecular complexity index is 439. The van der Waals surface area contributed by atoms with Gasteiger partial charge in [0.1, 0.15) is 5.78 Å². The largest absolute Gasteiger partial charge is 0.381 e. The molecule has 0 aromatic rings. The van der Waals surface area contributed by atoms with Gasteiger partial charge in [-0.2, -0.15) is 0 Å². The first-order valence-corrected chi connectivity index (χ1v) is 12.3. The van der Waals surface area contributed by atoms with Gasteiger partial charge in [-0.15, -0.1) is 0 Å². The summed E-state index contributed by atoms with van der Waals surface area (Å²) in [6.07, 6.45) is 12.9. The number of rotatable bonds is 16. The summed E-state index contributed by atoms with van der Waals surface area (Å²) in [6, 6.07) is 0. The molecule has 0 aliphatic heterocycles. The molecule has 0 aromatic carbocycles. The number of hydrogen-bond acceptors (Lipinski definition) is 3. The number of unbranched alkanes of at least 4 members (excludes halogenated alkanes) is 5. The van der Waals surface area contributed by atoms with Crippen LogP contribution in [0.25, 0.3) is 0 Å². The molecule has 0 heterocycles. The van der Waals surface area contributed by atoms with Crippen LogP contribution in [0.4, 0.5) is 0 Å². The highest BCUT2D eigenvalue weighted by Crippen LogP contribution is 2.28. The second-order valence-electron chi connectivity index (χ2n) is 9.86. The predicted octanol–water partition coefficient (Wildman–Crippen LogP) is 5.93. The van der Waals surface area contributed by atoms with Crippen LogP contribution in [-0.4, -0.2) is 31.4 Å². The molecule has 0 atom stereocenters. The van der Waals surface area contributed by atoms with Gasteiger partial charge in [-0.3, -0.25) is 9.59 Å². The minimum Gasteiger partial charge on any atom is -0.381 e. The molecule has 0 unspecified atom stereocenters. The maximum Gasteiger partial charge on any atom is 0.220 e. The highest BCUT2D eigenvalue weighted by molar-refractivity contribution is 5.80. The standard InChI is InChI=1S/C25H47NO3/c1-20(2)18-29-19-23-15-13-22(14-16-23)17-26-25(28)12-10-8-6-5-7-9-11-24(27)21(3)4/h20-23H,5-19H2,1-4H3,(H,26,28). The molecule has 0 radical (unpaired) electrons. The summed E-state index contributed by atoms with van der Waals surface area (Å²) in [5.74, 6) is 2.75. The average Bonchev–Trinajstić information content (AvgIpc) is 2.68. The zero-order valence-electron chi connectivity index (χ0n) is 19.6. The van der Waals surface area contributed by atoms with Crippen LogP contribution in [0.3, 0.4) is 0 Å². The molecule has 1 aliphatic carbocycles. The molecule has 0 saturated heterocycles. The summed E-state index contributed by atoms with van der Waals surface area (Å²) in [5, 5.41) is 3.15. The summed E-state index contributed by atoms with van der Waals surface area (Å²) in [7, 11) is 0. The minimum atomic E-state index is 0.173. The smallest absolute Gasteiger partial charge is 0.220 e. The third-order valence-corrected chi connectivity index (χ3v) is 6.08. The van der Waals surface area contributed by atoms with E-state index in [-0.39, 0.29) is 11.8 Å². The van der Waals surface area contributed by atoms with E-state index in [2.05, 4.69) is 19.2 Å². The molecule has 0 bridgehead atoms. The van der Waals surface area contributed by atoms with E-state index < -0.39 is 0 Å². The van der Waals surface area contributed by atoms with Gasteiger partial charge in [0.2, 0.25) is 5.91 Å². The third-order valence-electron chi connectivity index (χ3n) is 6.08. The SMILES string of the molecule is CC(C)COCC1CCC(CNC(=O)CCCCCCCCC(=O)C(C)C)CC1. The van der Waals surface area contributed by atoms with Gasteiger partial charge in [0.15, 0.2) is 0 Å². The molecule has 4 heteroatoms. The first kappa shape index (κ1) is 26.1. The van der Waals surface area contributed by atoms with Gasteiger partial charge in [-0.1, -0.05) is 53.4 Å². The number of amides is 1. The van der Waals surface area contributed by atoms with Gasteiger partial charge in [0.05, 0.1) is 0 Å². The fourth-order valence-corrected chi connectivity index (χ4v) is 4.00. The summed E-state index contributed by atoms with van der Waals surface area (Å²) >= 11 is 0. The van der Waals surface area contributed by atoms with Crippen molar-refractivity contribution in [3.05, 3.63) is 0 Å². The lowest BCUT2D eigenvalue weighted by atomic mass is 9.82. The van der Waals surface area contributed by atoms with Crippen molar-refractivity contribution in [1.29, 1.82) is 0 Å². The molecule has 0 spiro atoms. The highest BCUT2D eigenvalue weighted by atomic mass is 16.5. The Balaban J connectivity index is 1.93. The highest BCUT2D eigenvalue weighted by Gasteiger charge is 2.21. The number of ether oxygens (including phenoxy) is 1. The Labute approximate surface area is 179 Å². The first-order chi connectivity index (χ1) is 13.9. The molecule has 4 nitrogen and oxygen atoms in total. The Kier molecular flexibility index (Phi) is 14.3. The number of carbonyl (C=O) groups excluding carboxylic acids is 2. The summed E-state index contributed by atoms with van der Waals surface area (Å²) < 4.78 is 5.79. The molecule has 1 N–H and O–H groups in total. The first-order valence-electron chi connectivity index (χ1n) is 12.3. The number of carbonyl (C=O) groups is 2. The number of nitrogens with one attached hydrogen (secondary N) is 1. The zero-order valence-corrected chi connectivity index (χ0v) is 19.6. The molecule has 170 valence electrons. The van der Waals surface area contributed by atoms with Crippen molar-refractivity contribution >= 4 is 11.7 Å². The Morgan fingerprint density at radius 2 is 1.38 bits per heavy atom. The number of ketones is 1. The van der Waals surface area contributed by atoms with Crippen LogP contribution in [0.15, 0.2) is 0 Å². The topological polar surface area (TPSA) is 55.4 Å². The maximum atomic E-state index is 12.1. The van der Waals surface area contributed by atoms with Crippen molar-refractivity contribution in [1.82, 2.24) is 5.32 Å². The van der Waals surface area contributed by atoms with Gasteiger partial charge in [-0.25, -0.2) is 0 Å². The summed E-state index contributed by atoms with van der Waals surface area (Å²) in [4.78, 5) is 23.6. The van der Waals surface area contributed by atoms with Gasteiger partial charge < -0.3 is 10.1 Å². The molecule has 1 amide bonds. The normalized spacial score (nSPS) is 19.7. The Morgan fingerprint density at radius 1 is 0.828 bits per heavy atom. The van der Waals surface area contributed by atoms with Crippen molar-refractivity contribution in [3.8, 4) is 0 Å². The van der Waals surface area contributed by atoms with Gasteiger partial charge in [0.25, 0.3) is 0 Å². The molecule has 1 rings (SSSR count). The van der Waals surface area contributed by atoms with Crippen molar-refractivity contribution in [3.63, 3.8) is 0 Å². The number of hydrogen-bond donors (Lipinski definition) is 1. The maximum absolute atomic E-state index is 12.1. The number of Topliss-reactive ketones (excluding diaryl/α,β-unsaturated/α-hetero) is 1. The van der Waals surface area contributed by atoms with E-state index in [4.69, 9.17) is 4.74 Å². The Hall–Kier alpha value is -0.900. The summed E-state index contributed by atoms with van der Waals surface area (Å²) in [6.45, 7) is 11.0. The fourth-order valence-electron chi connectivity index (χ4n) is 4.00. The van der Waals surface area contributed by atoms with Crippen molar-refractivity contribution < 1.29 is 14.3 Å². The van der Waals surface area contributed by atoms with E-state index in [1.807, 2.05) is 13.8 Å². The van der Waals surface area contributed by atoms with Crippen LogP contribution in [0.2, 0.25) is 0 Å². The lowest BCUT2D eigenvalue weighted by molar-refractivity contribution is -0.122. The summed E-state index contributed by atoms with van der Waals surface area (Å²) in [5.41, 5.74) is 0. The molecule has 1 aliphatic rings. The minimum absolute atomic E-state index is 0.173. The molecular formula is C25H47NO3. The second kappa shape index (κ2) is 15.9. The van der Waals surface area contributed by atoms with Crippen molar-refractivity contribution in [2.75, 3.05) is 19.8 Å². The van der Waals surface area contributed by atoms with Gasteiger partial charge >= 0.3 is 0 Å². The van der Waals surface area contributed by atoms with Crippen LogP contribution in [0.5, 0.6) is 0 Å². The monoisotopic (exact) mass is 409 g/mol. The van der Waals surface area contributed by atoms with Crippen LogP contribution >= 0.6 is 0 Å². The molecule has 0 aromatic heterocycles. The average molecular weight is 410 g/mol. The Morgan fingerprint density at radius 3 is 1.97 bits per heavy atom. The van der Waals surface area contributed by atoms with Crippen LogP contribution in [-0.2, 0) is 14.3 Å². The predicted molar refractivity (Wildman–Crippen MR) is 121 cm³/mol. The lowest BCUT2D eigenvalue weighted by Crippen LogP contribution is -2.31. The van der Waals surface area contributed by atoms with Crippen molar-refractivity contribution in [2.24, 2.45) is 23.7 Å². The van der Waals surface area contributed by atoms with Crippen LogP contribution in [0.1, 0.15) is 105 Å². The van der Waals surface area contributed by atoms with E-state index in [1.54, 1.807) is 0 Å². The van der Waals surface area contributed by atoms with Crippen LogP contribution < -0.4 is 5.32 Å².